The molecule has 0 radical (unpaired) electrons. The molecule has 13 heavy (non-hydrogen) atoms. The SMILES string of the molecule is NCCc1cn2ccnc(Br)c2n1. The number of imidazole rings is 1. The summed E-state index contributed by atoms with van der Waals surface area (Å²) in [6.45, 7) is 0.620. The molecule has 68 valence electrons. The number of hydrogen-bond donors (Lipinski definition) is 1. The molecule has 2 aromatic rings. The monoisotopic (exact) mass is 240 g/mol. The second-order valence-corrected chi connectivity index (χ2v) is 3.47. The van der Waals surface area contributed by atoms with Gasteiger partial charge in [-0.2, -0.15) is 0 Å². The summed E-state index contributed by atoms with van der Waals surface area (Å²) in [6, 6.07) is 0. The van der Waals surface area contributed by atoms with Gasteiger partial charge in [0.05, 0.1) is 5.69 Å². The lowest BCUT2D eigenvalue weighted by atomic mass is 10.3. The summed E-state index contributed by atoms with van der Waals surface area (Å²) >= 11 is 3.34. The minimum atomic E-state index is 0.620. The first-order chi connectivity index (χ1) is 6.31. The second-order valence-electron chi connectivity index (χ2n) is 2.72. The zero-order valence-electron chi connectivity index (χ0n) is 6.94. The molecular weight excluding hydrogens is 232 g/mol. The first-order valence-electron chi connectivity index (χ1n) is 3.99. The molecule has 2 aromatic heterocycles. The van der Waals surface area contributed by atoms with Crippen molar-refractivity contribution in [2.45, 2.75) is 6.42 Å². The number of hydrogen-bond acceptors (Lipinski definition) is 3. The van der Waals surface area contributed by atoms with E-state index in [1.165, 1.54) is 0 Å². The Balaban J connectivity index is 2.55. The van der Waals surface area contributed by atoms with Crippen LogP contribution < -0.4 is 5.73 Å². The number of fused-ring (bicyclic) bond motifs is 1. The van der Waals surface area contributed by atoms with E-state index in [1.807, 2.05) is 16.8 Å². The molecule has 0 fully saturated rings. The van der Waals surface area contributed by atoms with Crippen molar-refractivity contribution >= 4 is 21.6 Å². The molecule has 0 aliphatic carbocycles. The van der Waals surface area contributed by atoms with Gasteiger partial charge in [-0.1, -0.05) is 0 Å². The van der Waals surface area contributed by atoms with Crippen LogP contribution in [0.25, 0.3) is 5.65 Å². The van der Waals surface area contributed by atoms with Gasteiger partial charge in [-0.25, -0.2) is 9.97 Å². The Bertz CT molecular complexity index is 423. The van der Waals surface area contributed by atoms with Gasteiger partial charge in [-0.15, -0.1) is 0 Å². The maximum atomic E-state index is 5.44. The number of halogens is 1. The highest BCUT2D eigenvalue weighted by molar-refractivity contribution is 9.10. The van der Waals surface area contributed by atoms with Crippen molar-refractivity contribution in [1.82, 2.24) is 14.4 Å². The van der Waals surface area contributed by atoms with Crippen molar-refractivity contribution in [2.24, 2.45) is 5.73 Å². The molecule has 0 unspecified atom stereocenters. The van der Waals surface area contributed by atoms with Gasteiger partial charge in [-0.3, -0.25) is 0 Å². The lowest BCUT2D eigenvalue weighted by Crippen LogP contribution is -2.02. The van der Waals surface area contributed by atoms with Crippen LogP contribution in [0.15, 0.2) is 23.2 Å². The average molecular weight is 241 g/mol. The fourth-order valence-corrected chi connectivity index (χ4v) is 1.62. The highest BCUT2D eigenvalue weighted by Crippen LogP contribution is 2.13. The summed E-state index contributed by atoms with van der Waals surface area (Å²) < 4.78 is 2.69. The van der Waals surface area contributed by atoms with Crippen LogP contribution in [0.4, 0.5) is 0 Å². The first kappa shape index (κ1) is 8.65. The number of nitrogens with two attached hydrogens (primary N) is 1. The van der Waals surface area contributed by atoms with Crippen molar-refractivity contribution < 1.29 is 0 Å². The van der Waals surface area contributed by atoms with Crippen molar-refractivity contribution in [3.05, 3.63) is 28.9 Å². The van der Waals surface area contributed by atoms with E-state index in [0.29, 0.717) is 6.54 Å². The first-order valence-corrected chi connectivity index (χ1v) is 4.78. The fourth-order valence-electron chi connectivity index (χ4n) is 1.21. The van der Waals surface area contributed by atoms with E-state index >= 15 is 0 Å². The quantitative estimate of drug-likeness (QED) is 0.853. The zero-order chi connectivity index (χ0) is 9.26. The summed E-state index contributed by atoms with van der Waals surface area (Å²) in [4.78, 5) is 8.46. The molecule has 0 aromatic carbocycles. The van der Waals surface area contributed by atoms with Crippen molar-refractivity contribution in [3.8, 4) is 0 Å². The zero-order valence-corrected chi connectivity index (χ0v) is 8.53. The lowest BCUT2D eigenvalue weighted by Gasteiger charge is -1.91. The molecule has 0 saturated carbocycles. The van der Waals surface area contributed by atoms with Gasteiger partial charge in [0.15, 0.2) is 5.65 Å². The maximum Gasteiger partial charge on any atom is 0.170 e. The van der Waals surface area contributed by atoms with Gasteiger partial charge in [0.2, 0.25) is 0 Å². The highest BCUT2D eigenvalue weighted by atomic mass is 79.9. The summed E-state index contributed by atoms with van der Waals surface area (Å²) in [5.74, 6) is 0. The molecule has 0 amide bonds. The Morgan fingerprint density at radius 2 is 2.38 bits per heavy atom. The van der Waals surface area contributed by atoms with E-state index in [0.717, 1.165) is 22.4 Å². The molecule has 0 aliphatic rings. The summed E-state index contributed by atoms with van der Waals surface area (Å²) in [6.07, 6.45) is 6.36. The topological polar surface area (TPSA) is 56.2 Å². The maximum absolute atomic E-state index is 5.44. The van der Waals surface area contributed by atoms with Gasteiger partial charge in [0, 0.05) is 25.0 Å². The van der Waals surface area contributed by atoms with Crippen LogP contribution in [0, 0.1) is 0 Å². The molecule has 2 heterocycles. The van der Waals surface area contributed by atoms with Crippen molar-refractivity contribution in [1.29, 1.82) is 0 Å². The molecule has 0 atom stereocenters. The Kier molecular flexibility index (Phi) is 2.28. The fraction of sp³-hybridized carbons (Fsp3) is 0.250. The molecule has 0 spiro atoms. The molecule has 5 heteroatoms. The van der Waals surface area contributed by atoms with E-state index in [4.69, 9.17) is 5.73 Å². The van der Waals surface area contributed by atoms with Crippen LogP contribution in [-0.2, 0) is 6.42 Å². The Labute approximate surface area is 83.9 Å². The molecular formula is C8H9BrN4. The minimum absolute atomic E-state index is 0.620. The standard InChI is InChI=1S/C8H9BrN4/c9-7-8-12-6(1-2-10)5-13(8)4-3-11-7/h3-5H,1-2,10H2. The molecule has 0 bridgehead atoms. The van der Waals surface area contributed by atoms with E-state index in [2.05, 4.69) is 25.9 Å². The molecule has 0 saturated heterocycles. The van der Waals surface area contributed by atoms with Gasteiger partial charge < -0.3 is 10.1 Å². The molecule has 2 rings (SSSR count). The third-order valence-corrected chi connectivity index (χ3v) is 2.34. The van der Waals surface area contributed by atoms with Crippen LogP contribution in [0.3, 0.4) is 0 Å². The molecule has 2 N–H and O–H groups in total. The minimum Gasteiger partial charge on any atom is -0.330 e. The normalized spacial score (nSPS) is 10.9. The van der Waals surface area contributed by atoms with E-state index < -0.39 is 0 Å². The predicted octanol–water partition coefficient (Wildman–Crippen LogP) is 0.993. The average Bonchev–Trinajstić information content (AvgIpc) is 2.49. The Hall–Kier alpha value is -0.940. The van der Waals surface area contributed by atoms with E-state index in [-0.39, 0.29) is 0 Å². The van der Waals surface area contributed by atoms with Gasteiger partial charge in [0.25, 0.3) is 0 Å². The van der Waals surface area contributed by atoms with E-state index in [9.17, 15) is 0 Å². The third kappa shape index (κ3) is 1.57. The van der Waals surface area contributed by atoms with Gasteiger partial charge in [0.1, 0.15) is 4.60 Å². The number of nitrogens with zero attached hydrogens (tertiary/aromatic N) is 3. The summed E-state index contributed by atoms with van der Waals surface area (Å²) in [7, 11) is 0. The van der Waals surface area contributed by atoms with Crippen LogP contribution in [0.2, 0.25) is 0 Å². The third-order valence-electron chi connectivity index (χ3n) is 1.78. The van der Waals surface area contributed by atoms with Crippen LogP contribution in [0.5, 0.6) is 0 Å². The highest BCUT2D eigenvalue weighted by Gasteiger charge is 2.03. The predicted molar refractivity (Wildman–Crippen MR) is 53.4 cm³/mol. The van der Waals surface area contributed by atoms with Crippen molar-refractivity contribution in [3.63, 3.8) is 0 Å². The summed E-state index contributed by atoms with van der Waals surface area (Å²) in [5.41, 5.74) is 7.28. The molecule has 0 aliphatic heterocycles. The van der Waals surface area contributed by atoms with Crippen LogP contribution in [0.1, 0.15) is 5.69 Å². The Morgan fingerprint density at radius 3 is 3.08 bits per heavy atom. The van der Waals surface area contributed by atoms with Crippen LogP contribution in [-0.4, -0.2) is 20.9 Å². The van der Waals surface area contributed by atoms with Crippen LogP contribution >= 0.6 is 15.9 Å². The number of aromatic nitrogens is 3. The lowest BCUT2D eigenvalue weighted by molar-refractivity contribution is 0.937. The van der Waals surface area contributed by atoms with Crippen molar-refractivity contribution in [2.75, 3.05) is 6.54 Å². The van der Waals surface area contributed by atoms with Gasteiger partial charge in [-0.05, 0) is 22.5 Å². The number of rotatable bonds is 2. The Morgan fingerprint density at radius 1 is 1.54 bits per heavy atom. The summed E-state index contributed by atoms with van der Waals surface area (Å²) in [5, 5.41) is 0. The van der Waals surface area contributed by atoms with Gasteiger partial charge >= 0.3 is 0 Å². The molecule has 4 nitrogen and oxygen atoms in total. The van der Waals surface area contributed by atoms with E-state index in [1.54, 1.807) is 6.20 Å². The largest absolute Gasteiger partial charge is 0.330 e. The second kappa shape index (κ2) is 3.43. The smallest absolute Gasteiger partial charge is 0.170 e.